The molecule has 3 N–H and O–H groups in total. The monoisotopic (exact) mass is 252 g/mol. The number of nitrogens with two attached hydrogens (primary N) is 1. The first-order chi connectivity index (χ1) is 8.29. The summed E-state index contributed by atoms with van der Waals surface area (Å²) in [5.74, 6) is 2.81. The quantitative estimate of drug-likeness (QED) is 0.638. The van der Waals surface area contributed by atoms with Crippen molar-refractivity contribution in [1.29, 1.82) is 0 Å². The number of hydrogen-bond acceptors (Lipinski definition) is 4. The number of thioether (sulfide) groups is 1. The maximum absolute atomic E-state index is 5.74. The van der Waals surface area contributed by atoms with Gasteiger partial charge < -0.3 is 15.8 Å². The predicted octanol–water partition coefficient (Wildman–Crippen LogP) is 2.37. The average Bonchev–Trinajstić information content (AvgIpc) is 2.38. The number of anilines is 1. The molecule has 3 nitrogen and oxygen atoms in total. The lowest BCUT2D eigenvalue weighted by molar-refractivity contribution is 0.403. The smallest absolute Gasteiger partial charge is 0.134 e. The molecule has 0 spiro atoms. The molecular weight excluding hydrogens is 232 g/mol. The zero-order valence-corrected chi connectivity index (χ0v) is 11.1. The lowest BCUT2D eigenvalue weighted by Crippen LogP contribution is -2.30. The first-order valence-corrected chi connectivity index (χ1v) is 7.05. The van der Waals surface area contributed by atoms with Crippen LogP contribution in [0.3, 0.4) is 0 Å². The zero-order valence-electron chi connectivity index (χ0n) is 10.2. The van der Waals surface area contributed by atoms with Crippen LogP contribution in [0.1, 0.15) is 12.8 Å². The molecular formula is C13H20N2OS. The Kier molecular flexibility index (Phi) is 4.57. The normalized spacial score (nSPS) is 20.2. The molecule has 2 rings (SSSR count). The van der Waals surface area contributed by atoms with Crippen molar-refractivity contribution in [2.75, 3.05) is 31.7 Å². The van der Waals surface area contributed by atoms with Gasteiger partial charge in [0, 0.05) is 22.4 Å². The van der Waals surface area contributed by atoms with Gasteiger partial charge in [-0.15, -0.1) is 11.8 Å². The Hall–Kier alpha value is -0.870. The fourth-order valence-corrected chi connectivity index (χ4v) is 3.23. The van der Waals surface area contributed by atoms with E-state index in [1.54, 1.807) is 7.11 Å². The van der Waals surface area contributed by atoms with Crippen molar-refractivity contribution >= 4 is 17.4 Å². The van der Waals surface area contributed by atoms with E-state index in [0.717, 1.165) is 29.7 Å². The van der Waals surface area contributed by atoms with Gasteiger partial charge in [-0.3, -0.25) is 0 Å². The fraction of sp³-hybridized carbons (Fsp3) is 0.538. The molecule has 1 aliphatic rings. The Morgan fingerprint density at radius 2 is 2.41 bits per heavy atom. The van der Waals surface area contributed by atoms with Gasteiger partial charge in [0.2, 0.25) is 0 Å². The van der Waals surface area contributed by atoms with Crippen LogP contribution in [-0.4, -0.2) is 26.0 Å². The molecule has 1 saturated heterocycles. The minimum atomic E-state index is 0.755. The molecule has 94 valence electrons. The summed E-state index contributed by atoms with van der Waals surface area (Å²) >= 11 is 1.87. The highest BCUT2D eigenvalue weighted by Crippen LogP contribution is 2.32. The molecule has 4 heteroatoms. The second kappa shape index (κ2) is 6.17. The number of ether oxygens (including phenoxy) is 1. The van der Waals surface area contributed by atoms with Crippen LogP contribution >= 0.6 is 11.8 Å². The lowest BCUT2D eigenvalue weighted by atomic mass is 10.0. The van der Waals surface area contributed by atoms with Crippen LogP contribution in [0.2, 0.25) is 0 Å². The molecule has 0 radical (unpaired) electrons. The highest BCUT2D eigenvalue weighted by Gasteiger charge is 2.14. The number of benzene rings is 1. The molecule has 1 heterocycles. The predicted molar refractivity (Wildman–Crippen MR) is 73.7 cm³/mol. The Labute approximate surface area is 107 Å². The van der Waals surface area contributed by atoms with Crippen LogP contribution in [0.4, 0.5) is 5.69 Å². The summed E-state index contributed by atoms with van der Waals surface area (Å²) in [4.78, 5) is 1.19. The molecule has 1 aliphatic heterocycles. The van der Waals surface area contributed by atoms with Crippen LogP contribution < -0.4 is 15.8 Å². The van der Waals surface area contributed by atoms with E-state index < -0.39 is 0 Å². The molecule has 0 aromatic heterocycles. The van der Waals surface area contributed by atoms with Gasteiger partial charge in [0.15, 0.2) is 0 Å². The second-order valence-corrected chi connectivity index (χ2v) is 5.50. The van der Waals surface area contributed by atoms with Crippen molar-refractivity contribution in [3.05, 3.63) is 18.2 Å². The van der Waals surface area contributed by atoms with Crippen LogP contribution in [0.25, 0.3) is 0 Å². The van der Waals surface area contributed by atoms with Crippen molar-refractivity contribution in [2.45, 2.75) is 17.7 Å². The standard InChI is InChI=1S/C13H20N2OS/c1-16-12-7-11(14)4-5-13(12)17-9-10-3-2-6-15-8-10/h4-5,7,10,15H,2-3,6,8-9,14H2,1H3. The van der Waals surface area contributed by atoms with Gasteiger partial charge in [0.05, 0.1) is 7.11 Å². The van der Waals surface area contributed by atoms with E-state index in [1.165, 1.54) is 24.3 Å². The molecule has 17 heavy (non-hydrogen) atoms. The van der Waals surface area contributed by atoms with E-state index >= 15 is 0 Å². The minimum absolute atomic E-state index is 0.755. The molecule has 0 amide bonds. The Morgan fingerprint density at radius 3 is 3.12 bits per heavy atom. The van der Waals surface area contributed by atoms with E-state index in [1.807, 2.05) is 23.9 Å². The molecule has 1 atom stereocenters. The third kappa shape index (κ3) is 3.54. The van der Waals surface area contributed by atoms with Crippen LogP contribution in [0.15, 0.2) is 23.1 Å². The Balaban J connectivity index is 1.93. The minimum Gasteiger partial charge on any atom is -0.496 e. The van der Waals surface area contributed by atoms with E-state index in [-0.39, 0.29) is 0 Å². The van der Waals surface area contributed by atoms with Crippen molar-refractivity contribution in [2.24, 2.45) is 5.92 Å². The lowest BCUT2D eigenvalue weighted by Gasteiger charge is -2.22. The van der Waals surface area contributed by atoms with Gasteiger partial charge in [-0.25, -0.2) is 0 Å². The van der Waals surface area contributed by atoms with E-state index in [4.69, 9.17) is 10.5 Å². The van der Waals surface area contributed by atoms with Crippen LogP contribution in [0.5, 0.6) is 5.75 Å². The van der Waals surface area contributed by atoms with Crippen molar-refractivity contribution < 1.29 is 4.74 Å². The first-order valence-electron chi connectivity index (χ1n) is 6.06. The molecule has 0 bridgehead atoms. The van der Waals surface area contributed by atoms with Crippen molar-refractivity contribution in [1.82, 2.24) is 5.32 Å². The first kappa shape index (κ1) is 12.6. The highest BCUT2D eigenvalue weighted by molar-refractivity contribution is 7.99. The van der Waals surface area contributed by atoms with Crippen molar-refractivity contribution in [3.8, 4) is 5.75 Å². The molecule has 1 fully saturated rings. The summed E-state index contributed by atoms with van der Waals surface area (Å²) < 4.78 is 5.35. The largest absolute Gasteiger partial charge is 0.496 e. The second-order valence-electron chi connectivity index (χ2n) is 4.43. The third-order valence-corrected chi connectivity index (χ3v) is 4.35. The van der Waals surface area contributed by atoms with E-state index in [9.17, 15) is 0 Å². The maximum Gasteiger partial charge on any atom is 0.134 e. The summed E-state index contributed by atoms with van der Waals surface area (Å²) in [5, 5.41) is 3.44. The van der Waals surface area contributed by atoms with Crippen molar-refractivity contribution in [3.63, 3.8) is 0 Å². The van der Waals surface area contributed by atoms with Gasteiger partial charge in [0.25, 0.3) is 0 Å². The number of methoxy groups -OCH3 is 1. The third-order valence-electron chi connectivity index (χ3n) is 3.06. The summed E-state index contributed by atoms with van der Waals surface area (Å²) in [6.07, 6.45) is 2.63. The van der Waals surface area contributed by atoms with Gasteiger partial charge >= 0.3 is 0 Å². The number of nitrogens with one attached hydrogen (secondary N) is 1. The summed E-state index contributed by atoms with van der Waals surface area (Å²) in [7, 11) is 1.70. The summed E-state index contributed by atoms with van der Waals surface area (Å²) in [6, 6.07) is 5.88. The summed E-state index contributed by atoms with van der Waals surface area (Å²) in [5.41, 5.74) is 6.50. The molecule has 1 aromatic carbocycles. The SMILES string of the molecule is COc1cc(N)ccc1SCC1CCCNC1. The van der Waals surface area contributed by atoms with Gasteiger partial charge in [-0.2, -0.15) is 0 Å². The molecule has 1 unspecified atom stereocenters. The van der Waals surface area contributed by atoms with Crippen LogP contribution in [0, 0.1) is 5.92 Å². The Bertz CT molecular complexity index is 364. The van der Waals surface area contributed by atoms with Gasteiger partial charge in [-0.1, -0.05) is 0 Å². The van der Waals surface area contributed by atoms with Crippen LogP contribution in [-0.2, 0) is 0 Å². The number of piperidine rings is 1. The number of nitrogen functional groups attached to an aromatic ring is 1. The summed E-state index contributed by atoms with van der Waals surface area (Å²) in [6.45, 7) is 2.32. The number of rotatable bonds is 4. The zero-order chi connectivity index (χ0) is 12.1. The van der Waals surface area contributed by atoms with Gasteiger partial charge in [-0.05, 0) is 44.0 Å². The van der Waals surface area contributed by atoms with E-state index in [0.29, 0.717) is 0 Å². The fourth-order valence-electron chi connectivity index (χ4n) is 2.08. The molecule has 0 aliphatic carbocycles. The van der Waals surface area contributed by atoms with E-state index in [2.05, 4.69) is 11.4 Å². The molecule has 0 saturated carbocycles. The highest BCUT2D eigenvalue weighted by atomic mass is 32.2. The Morgan fingerprint density at radius 1 is 1.53 bits per heavy atom. The molecule has 1 aromatic rings. The van der Waals surface area contributed by atoms with Gasteiger partial charge in [0.1, 0.15) is 5.75 Å². The number of hydrogen-bond donors (Lipinski definition) is 2. The topological polar surface area (TPSA) is 47.3 Å². The maximum atomic E-state index is 5.74. The average molecular weight is 252 g/mol.